The Kier molecular flexibility index (Phi) is 7.24. The molecule has 0 radical (unpaired) electrons. The van der Waals surface area contributed by atoms with Crippen molar-refractivity contribution in [3.8, 4) is 17.2 Å². The van der Waals surface area contributed by atoms with E-state index >= 15 is 0 Å². The molecular formula is C19H20ClF2NO4. The Hall–Kier alpha value is -2.54. The van der Waals surface area contributed by atoms with E-state index in [4.69, 9.17) is 21.1 Å². The Morgan fingerprint density at radius 2 is 1.78 bits per heavy atom. The van der Waals surface area contributed by atoms with Gasteiger partial charge >= 0.3 is 6.61 Å². The fourth-order valence-corrected chi connectivity index (χ4v) is 2.56. The van der Waals surface area contributed by atoms with E-state index in [1.807, 2.05) is 0 Å². The van der Waals surface area contributed by atoms with Gasteiger partial charge in [-0.1, -0.05) is 17.7 Å². The molecule has 0 heterocycles. The van der Waals surface area contributed by atoms with E-state index in [2.05, 4.69) is 4.74 Å². The van der Waals surface area contributed by atoms with Gasteiger partial charge in [0.25, 0.3) is 5.91 Å². The van der Waals surface area contributed by atoms with Crippen LogP contribution in [0.1, 0.15) is 12.5 Å². The predicted molar refractivity (Wildman–Crippen MR) is 97.6 cm³/mol. The maximum absolute atomic E-state index is 12.5. The number of halogens is 3. The molecule has 0 saturated carbocycles. The first-order valence-corrected chi connectivity index (χ1v) is 8.47. The predicted octanol–water partition coefficient (Wildman–Crippen LogP) is 4.38. The van der Waals surface area contributed by atoms with E-state index in [1.165, 1.54) is 24.1 Å². The van der Waals surface area contributed by atoms with Crippen molar-refractivity contribution >= 4 is 17.5 Å². The molecule has 0 aliphatic rings. The number of carbonyl (C=O) groups is 1. The molecule has 0 aliphatic heterocycles. The first kappa shape index (κ1) is 20.8. The van der Waals surface area contributed by atoms with Crippen LogP contribution in [0, 0.1) is 0 Å². The van der Waals surface area contributed by atoms with Gasteiger partial charge in [-0.2, -0.15) is 8.78 Å². The monoisotopic (exact) mass is 399 g/mol. The van der Waals surface area contributed by atoms with Crippen molar-refractivity contribution in [1.82, 2.24) is 4.90 Å². The lowest BCUT2D eigenvalue weighted by molar-refractivity contribution is -0.137. The Labute approximate surface area is 161 Å². The summed E-state index contributed by atoms with van der Waals surface area (Å²) in [7, 11) is 2.96. The molecule has 27 heavy (non-hydrogen) atoms. The molecule has 1 amide bonds. The zero-order valence-electron chi connectivity index (χ0n) is 15.1. The van der Waals surface area contributed by atoms with Crippen LogP contribution in [-0.4, -0.2) is 37.7 Å². The van der Waals surface area contributed by atoms with Crippen LogP contribution in [0.2, 0.25) is 5.02 Å². The van der Waals surface area contributed by atoms with Gasteiger partial charge in [0.05, 0.1) is 7.11 Å². The molecule has 0 aromatic heterocycles. The number of carbonyl (C=O) groups excluding carboxylic acids is 1. The highest BCUT2D eigenvalue weighted by Crippen LogP contribution is 2.30. The molecule has 0 fully saturated rings. The smallest absolute Gasteiger partial charge is 0.387 e. The van der Waals surface area contributed by atoms with E-state index in [9.17, 15) is 13.6 Å². The number of amides is 1. The first-order valence-electron chi connectivity index (χ1n) is 8.09. The maximum atomic E-state index is 12.5. The summed E-state index contributed by atoms with van der Waals surface area (Å²) in [5.41, 5.74) is 0.612. The van der Waals surface area contributed by atoms with Gasteiger partial charge in [0.1, 0.15) is 5.75 Å². The Bertz CT molecular complexity index is 771. The van der Waals surface area contributed by atoms with Crippen molar-refractivity contribution in [1.29, 1.82) is 0 Å². The Morgan fingerprint density at radius 3 is 2.37 bits per heavy atom. The van der Waals surface area contributed by atoms with Crippen LogP contribution in [0.4, 0.5) is 8.78 Å². The standard InChI is InChI=1S/C19H20ClF2NO4/c1-12(26-15-7-5-14(20)6-8-15)18(24)23(2)11-13-4-9-16(25-3)17(10-13)27-19(21)22/h4-10,12,19H,11H2,1-3H3. The van der Waals surface area contributed by atoms with E-state index < -0.39 is 12.7 Å². The maximum Gasteiger partial charge on any atom is 0.387 e. The number of rotatable bonds is 8. The van der Waals surface area contributed by atoms with Crippen LogP contribution in [0.3, 0.4) is 0 Å². The molecule has 1 atom stereocenters. The molecule has 2 aromatic carbocycles. The zero-order chi connectivity index (χ0) is 20.0. The molecule has 0 aliphatic carbocycles. The number of likely N-dealkylation sites (N-methyl/N-ethyl adjacent to an activating group) is 1. The number of hydrogen-bond donors (Lipinski definition) is 0. The third kappa shape index (κ3) is 5.99. The quantitative estimate of drug-likeness (QED) is 0.661. The summed E-state index contributed by atoms with van der Waals surface area (Å²) in [6.45, 7) is -1.15. The minimum Gasteiger partial charge on any atom is -0.493 e. The van der Waals surface area contributed by atoms with Crippen molar-refractivity contribution < 1.29 is 27.8 Å². The summed E-state index contributed by atoms with van der Waals surface area (Å²) >= 11 is 5.82. The highest BCUT2D eigenvalue weighted by atomic mass is 35.5. The highest BCUT2D eigenvalue weighted by Gasteiger charge is 2.20. The summed E-state index contributed by atoms with van der Waals surface area (Å²) in [6.07, 6.45) is -0.730. The summed E-state index contributed by atoms with van der Waals surface area (Å²) in [5, 5.41) is 0.569. The number of nitrogens with zero attached hydrogens (tertiary/aromatic N) is 1. The molecule has 0 bridgehead atoms. The number of methoxy groups -OCH3 is 1. The van der Waals surface area contributed by atoms with Crippen molar-refractivity contribution in [2.24, 2.45) is 0 Å². The van der Waals surface area contributed by atoms with Gasteiger partial charge in [0.2, 0.25) is 0 Å². The van der Waals surface area contributed by atoms with Gasteiger partial charge in [-0.3, -0.25) is 4.79 Å². The van der Waals surface area contributed by atoms with Gasteiger partial charge in [-0.15, -0.1) is 0 Å². The molecule has 0 spiro atoms. The highest BCUT2D eigenvalue weighted by molar-refractivity contribution is 6.30. The third-order valence-electron chi connectivity index (χ3n) is 3.71. The molecule has 2 rings (SSSR count). The topological polar surface area (TPSA) is 48.0 Å². The van der Waals surface area contributed by atoms with Crippen LogP contribution in [0.5, 0.6) is 17.2 Å². The van der Waals surface area contributed by atoms with Crippen LogP contribution in [0.15, 0.2) is 42.5 Å². The van der Waals surface area contributed by atoms with E-state index in [1.54, 1.807) is 44.3 Å². The largest absolute Gasteiger partial charge is 0.493 e. The molecule has 5 nitrogen and oxygen atoms in total. The van der Waals surface area contributed by atoms with Gasteiger partial charge in [-0.05, 0) is 48.9 Å². The fraction of sp³-hybridized carbons (Fsp3) is 0.316. The van der Waals surface area contributed by atoms with E-state index in [0.717, 1.165) is 0 Å². The van der Waals surface area contributed by atoms with E-state index in [-0.39, 0.29) is 24.0 Å². The SMILES string of the molecule is COc1ccc(CN(C)C(=O)C(C)Oc2ccc(Cl)cc2)cc1OC(F)F. The average Bonchev–Trinajstić information content (AvgIpc) is 2.62. The molecule has 8 heteroatoms. The lowest BCUT2D eigenvalue weighted by Gasteiger charge is -2.22. The second kappa shape index (κ2) is 9.41. The number of ether oxygens (including phenoxy) is 3. The van der Waals surface area contributed by atoms with Crippen LogP contribution >= 0.6 is 11.6 Å². The van der Waals surface area contributed by atoms with Crippen LogP contribution < -0.4 is 14.2 Å². The molecule has 0 saturated heterocycles. The molecule has 146 valence electrons. The fourth-order valence-electron chi connectivity index (χ4n) is 2.44. The van der Waals surface area contributed by atoms with Crippen LogP contribution in [-0.2, 0) is 11.3 Å². The van der Waals surface area contributed by atoms with E-state index in [0.29, 0.717) is 16.3 Å². The van der Waals surface area contributed by atoms with Gasteiger partial charge < -0.3 is 19.1 Å². The van der Waals surface area contributed by atoms with Gasteiger partial charge in [0, 0.05) is 18.6 Å². The lowest BCUT2D eigenvalue weighted by atomic mass is 10.2. The first-order chi connectivity index (χ1) is 12.8. The van der Waals surface area contributed by atoms with Crippen molar-refractivity contribution in [3.05, 3.63) is 53.1 Å². The van der Waals surface area contributed by atoms with Crippen LogP contribution in [0.25, 0.3) is 0 Å². The Balaban J connectivity index is 2.03. The van der Waals surface area contributed by atoms with Crippen molar-refractivity contribution in [2.75, 3.05) is 14.2 Å². The summed E-state index contributed by atoms with van der Waals surface area (Å²) in [5.74, 6) is 0.353. The molecule has 2 aromatic rings. The molecular weight excluding hydrogens is 380 g/mol. The Morgan fingerprint density at radius 1 is 1.11 bits per heavy atom. The number of alkyl halides is 2. The summed E-state index contributed by atoms with van der Waals surface area (Å²) in [4.78, 5) is 13.9. The minimum absolute atomic E-state index is 0.0867. The summed E-state index contributed by atoms with van der Waals surface area (Å²) < 4.78 is 40.1. The average molecular weight is 400 g/mol. The van der Waals surface area contributed by atoms with Crippen molar-refractivity contribution in [2.45, 2.75) is 26.2 Å². The minimum atomic E-state index is -2.97. The van der Waals surface area contributed by atoms with Gasteiger partial charge in [-0.25, -0.2) is 0 Å². The van der Waals surface area contributed by atoms with Crippen molar-refractivity contribution in [3.63, 3.8) is 0 Å². The number of benzene rings is 2. The lowest BCUT2D eigenvalue weighted by Crippen LogP contribution is -2.37. The zero-order valence-corrected chi connectivity index (χ0v) is 15.9. The second-order valence-corrected chi connectivity index (χ2v) is 6.21. The molecule has 0 N–H and O–H groups in total. The van der Waals surface area contributed by atoms with Gasteiger partial charge in [0.15, 0.2) is 17.6 Å². The summed E-state index contributed by atoms with van der Waals surface area (Å²) in [6, 6.07) is 11.3. The second-order valence-electron chi connectivity index (χ2n) is 5.77. The molecule has 1 unspecified atom stereocenters. The normalized spacial score (nSPS) is 11.8. The number of hydrogen-bond acceptors (Lipinski definition) is 4. The third-order valence-corrected chi connectivity index (χ3v) is 3.97.